The number of nitriles is 1. The molecule has 0 aliphatic heterocycles. The van der Waals surface area contributed by atoms with E-state index in [9.17, 15) is 9.18 Å². The van der Waals surface area contributed by atoms with E-state index in [1.165, 1.54) is 18.3 Å². The maximum Gasteiger partial charge on any atom is 0.267 e. The second-order valence-corrected chi connectivity index (χ2v) is 5.00. The van der Waals surface area contributed by atoms with Gasteiger partial charge in [0.2, 0.25) is 0 Å². The summed E-state index contributed by atoms with van der Waals surface area (Å²) in [7, 11) is 0. The van der Waals surface area contributed by atoms with Crippen molar-refractivity contribution in [2.24, 2.45) is 0 Å². The Labute approximate surface area is 134 Å². The van der Waals surface area contributed by atoms with Crippen LogP contribution < -0.4 is 10.6 Å². The highest BCUT2D eigenvalue weighted by Crippen LogP contribution is 2.10. The molecule has 0 atom stereocenters. The van der Waals surface area contributed by atoms with Gasteiger partial charge >= 0.3 is 0 Å². The van der Waals surface area contributed by atoms with Crippen molar-refractivity contribution in [3.63, 3.8) is 0 Å². The summed E-state index contributed by atoms with van der Waals surface area (Å²) in [5.41, 5.74) is 2.52. The van der Waals surface area contributed by atoms with Crippen LogP contribution in [0.3, 0.4) is 0 Å². The van der Waals surface area contributed by atoms with Crippen LogP contribution in [0, 0.1) is 24.1 Å². The molecule has 0 unspecified atom stereocenters. The molecular formula is C18H16FN3O. The molecule has 0 saturated heterocycles. The number of amides is 1. The Morgan fingerprint density at radius 1 is 1.17 bits per heavy atom. The van der Waals surface area contributed by atoms with Gasteiger partial charge < -0.3 is 10.6 Å². The van der Waals surface area contributed by atoms with Gasteiger partial charge in [-0.3, -0.25) is 4.79 Å². The molecule has 0 aliphatic carbocycles. The Bertz CT molecular complexity index is 743. The van der Waals surface area contributed by atoms with E-state index >= 15 is 0 Å². The largest absolute Gasteiger partial charge is 0.386 e. The second-order valence-electron chi connectivity index (χ2n) is 5.00. The van der Waals surface area contributed by atoms with Gasteiger partial charge in [0, 0.05) is 18.4 Å². The molecule has 2 rings (SSSR count). The standard InChI is InChI=1S/C18H16FN3O/c1-13-2-8-17(9-3-13)22-18(23)15(10-20)12-21-11-14-4-6-16(19)7-5-14/h2-9,12,21H,11H2,1H3,(H,22,23)/b15-12-. The van der Waals surface area contributed by atoms with Crippen molar-refractivity contribution < 1.29 is 9.18 Å². The van der Waals surface area contributed by atoms with Crippen LogP contribution >= 0.6 is 0 Å². The van der Waals surface area contributed by atoms with E-state index in [0.29, 0.717) is 12.2 Å². The molecule has 5 heteroatoms. The van der Waals surface area contributed by atoms with Gasteiger partial charge in [-0.15, -0.1) is 0 Å². The Morgan fingerprint density at radius 3 is 2.43 bits per heavy atom. The van der Waals surface area contributed by atoms with Crippen molar-refractivity contribution in [1.29, 1.82) is 5.26 Å². The van der Waals surface area contributed by atoms with Crippen molar-refractivity contribution in [2.75, 3.05) is 5.32 Å². The number of rotatable bonds is 5. The number of hydrogen-bond acceptors (Lipinski definition) is 3. The first-order valence-electron chi connectivity index (χ1n) is 7.04. The lowest BCUT2D eigenvalue weighted by atomic mass is 10.2. The summed E-state index contributed by atoms with van der Waals surface area (Å²) >= 11 is 0. The highest BCUT2D eigenvalue weighted by molar-refractivity contribution is 6.06. The highest BCUT2D eigenvalue weighted by atomic mass is 19.1. The molecule has 0 aliphatic rings. The van der Waals surface area contributed by atoms with Crippen LogP contribution in [0.5, 0.6) is 0 Å². The van der Waals surface area contributed by atoms with Gasteiger partial charge in [0.1, 0.15) is 17.5 Å². The minimum atomic E-state index is -0.483. The SMILES string of the molecule is Cc1ccc(NC(=O)/C(C#N)=C\NCc2ccc(F)cc2)cc1. The summed E-state index contributed by atoms with van der Waals surface area (Å²) in [6.45, 7) is 2.34. The number of carbonyl (C=O) groups is 1. The van der Waals surface area contributed by atoms with Crippen LogP contribution in [0.2, 0.25) is 0 Å². The molecule has 2 aromatic rings. The normalized spacial score (nSPS) is 10.7. The fraction of sp³-hybridized carbons (Fsp3) is 0.111. The summed E-state index contributed by atoms with van der Waals surface area (Å²) in [4.78, 5) is 12.0. The Balaban J connectivity index is 1.95. The molecule has 4 nitrogen and oxygen atoms in total. The lowest BCUT2D eigenvalue weighted by Gasteiger charge is -2.06. The van der Waals surface area contributed by atoms with Crippen LogP contribution in [-0.2, 0) is 11.3 Å². The Kier molecular flexibility index (Phi) is 5.48. The van der Waals surface area contributed by atoms with Crippen LogP contribution in [0.1, 0.15) is 11.1 Å². The number of hydrogen-bond donors (Lipinski definition) is 2. The number of carbonyl (C=O) groups excluding carboxylic acids is 1. The van der Waals surface area contributed by atoms with E-state index in [2.05, 4.69) is 10.6 Å². The van der Waals surface area contributed by atoms with Crippen molar-refractivity contribution in [2.45, 2.75) is 13.5 Å². The van der Waals surface area contributed by atoms with Crippen molar-refractivity contribution in [1.82, 2.24) is 5.32 Å². The molecule has 0 spiro atoms. The molecule has 0 bridgehead atoms. The predicted octanol–water partition coefficient (Wildman–Crippen LogP) is 3.27. The number of nitrogens with one attached hydrogen (secondary N) is 2. The molecule has 0 aromatic heterocycles. The first-order chi connectivity index (χ1) is 11.1. The highest BCUT2D eigenvalue weighted by Gasteiger charge is 2.08. The lowest BCUT2D eigenvalue weighted by molar-refractivity contribution is -0.112. The number of aryl methyl sites for hydroxylation is 1. The molecule has 116 valence electrons. The molecule has 0 heterocycles. The number of halogens is 1. The van der Waals surface area contributed by atoms with Crippen LogP contribution in [0.15, 0.2) is 60.3 Å². The summed E-state index contributed by atoms with van der Waals surface area (Å²) in [5.74, 6) is -0.789. The predicted molar refractivity (Wildman–Crippen MR) is 86.7 cm³/mol. The molecule has 0 saturated carbocycles. The summed E-state index contributed by atoms with van der Waals surface area (Å²) in [5, 5.41) is 14.6. The number of benzene rings is 2. The molecule has 1 amide bonds. The van der Waals surface area contributed by atoms with Crippen LogP contribution in [0.4, 0.5) is 10.1 Å². The lowest BCUT2D eigenvalue weighted by Crippen LogP contribution is -2.16. The maximum atomic E-state index is 12.8. The average molecular weight is 309 g/mol. The smallest absolute Gasteiger partial charge is 0.267 e. The first kappa shape index (κ1) is 16.2. The minimum Gasteiger partial charge on any atom is -0.386 e. The average Bonchev–Trinajstić information content (AvgIpc) is 2.55. The van der Waals surface area contributed by atoms with Gasteiger partial charge in [-0.05, 0) is 36.8 Å². The zero-order valence-corrected chi connectivity index (χ0v) is 12.6. The van der Waals surface area contributed by atoms with Gasteiger partial charge in [0.25, 0.3) is 5.91 Å². The van der Waals surface area contributed by atoms with E-state index in [-0.39, 0.29) is 11.4 Å². The first-order valence-corrected chi connectivity index (χ1v) is 7.04. The number of anilines is 1. The van der Waals surface area contributed by atoms with Gasteiger partial charge in [0.05, 0.1) is 0 Å². The zero-order valence-electron chi connectivity index (χ0n) is 12.6. The van der Waals surface area contributed by atoms with E-state index in [0.717, 1.165) is 11.1 Å². The zero-order chi connectivity index (χ0) is 16.7. The van der Waals surface area contributed by atoms with Gasteiger partial charge in [-0.25, -0.2) is 4.39 Å². The monoisotopic (exact) mass is 309 g/mol. The second kappa shape index (κ2) is 7.76. The quantitative estimate of drug-likeness (QED) is 0.658. The van der Waals surface area contributed by atoms with E-state index < -0.39 is 5.91 Å². The van der Waals surface area contributed by atoms with Crippen molar-refractivity contribution in [3.8, 4) is 6.07 Å². The van der Waals surface area contributed by atoms with E-state index in [1.54, 1.807) is 24.3 Å². The van der Waals surface area contributed by atoms with Crippen molar-refractivity contribution in [3.05, 3.63) is 77.2 Å². The molecule has 0 radical (unpaired) electrons. The molecule has 2 aromatic carbocycles. The van der Waals surface area contributed by atoms with Gasteiger partial charge in [0.15, 0.2) is 0 Å². The van der Waals surface area contributed by atoms with Gasteiger partial charge in [-0.2, -0.15) is 5.26 Å². The molecule has 2 N–H and O–H groups in total. The summed E-state index contributed by atoms with van der Waals surface area (Å²) in [6, 6.07) is 15.1. The maximum absolute atomic E-state index is 12.8. The van der Waals surface area contributed by atoms with E-state index in [1.807, 2.05) is 25.1 Å². The molecular weight excluding hydrogens is 293 g/mol. The minimum absolute atomic E-state index is 0.0345. The van der Waals surface area contributed by atoms with Crippen LogP contribution in [0.25, 0.3) is 0 Å². The topological polar surface area (TPSA) is 64.9 Å². The third-order valence-corrected chi connectivity index (χ3v) is 3.14. The fourth-order valence-electron chi connectivity index (χ4n) is 1.86. The van der Waals surface area contributed by atoms with Crippen molar-refractivity contribution >= 4 is 11.6 Å². The molecule has 23 heavy (non-hydrogen) atoms. The van der Waals surface area contributed by atoms with E-state index in [4.69, 9.17) is 5.26 Å². The Morgan fingerprint density at radius 2 is 1.83 bits per heavy atom. The third kappa shape index (κ3) is 4.97. The van der Waals surface area contributed by atoms with Gasteiger partial charge in [-0.1, -0.05) is 29.8 Å². The number of nitrogens with zero attached hydrogens (tertiary/aromatic N) is 1. The molecule has 0 fully saturated rings. The fourth-order valence-corrected chi connectivity index (χ4v) is 1.86. The summed E-state index contributed by atoms with van der Waals surface area (Å²) < 4.78 is 12.8. The Hall–Kier alpha value is -3.13. The van der Waals surface area contributed by atoms with Crippen LogP contribution in [-0.4, -0.2) is 5.91 Å². The third-order valence-electron chi connectivity index (χ3n) is 3.14. The summed E-state index contributed by atoms with van der Waals surface area (Å²) in [6.07, 6.45) is 1.35.